The van der Waals surface area contributed by atoms with Gasteiger partial charge in [0.05, 0.1) is 11.9 Å². The maximum absolute atomic E-state index is 9.19. The van der Waals surface area contributed by atoms with Crippen LogP contribution in [0.1, 0.15) is 5.82 Å². The minimum Gasteiger partial charge on any atom is -0.492 e. The van der Waals surface area contributed by atoms with Crippen molar-refractivity contribution in [2.24, 2.45) is 7.05 Å². The van der Waals surface area contributed by atoms with Crippen LogP contribution in [0.2, 0.25) is 0 Å². The minimum absolute atomic E-state index is 0.0844. The molecule has 0 radical (unpaired) electrons. The normalized spacial score (nSPS) is 10.5. The molecular weight excluding hydrogens is 208 g/mol. The van der Waals surface area contributed by atoms with E-state index in [0.717, 1.165) is 11.6 Å². The molecule has 1 aromatic carbocycles. The average Bonchev–Trinajstić information content (AvgIpc) is 2.56. The van der Waals surface area contributed by atoms with Gasteiger partial charge in [0, 0.05) is 11.9 Å². The van der Waals surface area contributed by atoms with E-state index >= 15 is 0 Å². The lowest BCUT2D eigenvalue weighted by molar-refractivity contribution is 0.455. The van der Waals surface area contributed by atoms with Crippen molar-refractivity contribution in [2.75, 3.05) is 0 Å². The van der Waals surface area contributed by atoms with Gasteiger partial charge in [-0.05, 0) is 12.1 Å². The molecule has 1 aromatic heterocycles. The highest BCUT2D eigenvalue weighted by molar-refractivity contribution is 7.98. The molecule has 0 amide bonds. The zero-order chi connectivity index (χ0) is 10.7. The van der Waals surface area contributed by atoms with Gasteiger partial charge >= 0.3 is 0 Å². The first-order chi connectivity index (χ1) is 7.25. The minimum atomic E-state index is 0.0844. The molecule has 15 heavy (non-hydrogen) atoms. The smallest absolute Gasteiger partial charge is 0.229 e. The highest BCUT2D eigenvalue weighted by Gasteiger charge is 2.04. The fraction of sp³-hybridized carbons (Fsp3) is 0.182. The van der Waals surface area contributed by atoms with Gasteiger partial charge < -0.3 is 9.67 Å². The Labute approximate surface area is 92.8 Å². The molecule has 0 aliphatic heterocycles. The Bertz CT molecular complexity index is 439. The third-order valence-electron chi connectivity index (χ3n) is 2.07. The van der Waals surface area contributed by atoms with Crippen LogP contribution >= 0.6 is 11.8 Å². The molecule has 0 saturated heterocycles. The number of aromatic nitrogens is 2. The molecule has 0 bridgehead atoms. The summed E-state index contributed by atoms with van der Waals surface area (Å²) in [4.78, 5) is 5.23. The molecule has 4 heteroatoms. The van der Waals surface area contributed by atoms with Crippen LogP contribution < -0.4 is 0 Å². The topological polar surface area (TPSA) is 38.0 Å². The van der Waals surface area contributed by atoms with E-state index in [2.05, 4.69) is 17.1 Å². The van der Waals surface area contributed by atoms with E-state index in [-0.39, 0.29) is 5.88 Å². The third-order valence-corrected chi connectivity index (χ3v) is 3.08. The quantitative estimate of drug-likeness (QED) is 0.807. The molecule has 1 heterocycles. The van der Waals surface area contributed by atoms with Gasteiger partial charge in [-0.1, -0.05) is 18.2 Å². The number of hydrogen-bond donors (Lipinski definition) is 1. The zero-order valence-corrected chi connectivity index (χ0v) is 9.24. The lowest BCUT2D eigenvalue weighted by Crippen LogP contribution is -1.94. The SMILES string of the molecule is Cn1cc(O)nc1CSc1ccccc1. The van der Waals surface area contributed by atoms with E-state index in [1.165, 1.54) is 4.90 Å². The fourth-order valence-electron chi connectivity index (χ4n) is 1.29. The van der Waals surface area contributed by atoms with Crippen LogP contribution in [0.15, 0.2) is 41.4 Å². The molecule has 0 aliphatic carbocycles. The second kappa shape index (κ2) is 4.40. The second-order valence-corrected chi connectivity index (χ2v) is 4.28. The van der Waals surface area contributed by atoms with Gasteiger partial charge in [-0.3, -0.25) is 0 Å². The van der Waals surface area contributed by atoms with Crippen molar-refractivity contribution in [1.82, 2.24) is 9.55 Å². The maximum atomic E-state index is 9.19. The molecule has 0 fully saturated rings. The molecular formula is C11H12N2OS. The van der Waals surface area contributed by atoms with Gasteiger partial charge in [-0.2, -0.15) is 4.98 Å². The first-order valence-electron chi connectivity index (χ1n) is 4.65. The van der Waals surface area contributed by atoms with Crippen LogP contribution in [0.25, 0.3) is 0 Å². The van der Waals surface area contributed by atoms with E-state index in [9.17, 15) is 5.11 Å². The highest BCUT2D eigenvalue weighted by atomic mass is 32.2. The molecule has 1 N–H and O–H groups in total. The monoisotopic (exact) mass is 220 g/mol. The van der Waals surface area contributed by atoms with E-state index in [1.807, 2.05) is 29.8 Å². The summed E-state index contributed by atoms with van der Waals surface area (Å²) in [7, 11) is 1.88. The number of benzene rings is 1. The van der Waals surface area contributed by atoms with Crippen molar-refractivity contribution in [1.29, 1.82) is 0 Å². The fourth-order valence-corrected chi connectivity index (χ4v) is 2.20. The summed E-state index contributed by atoms with van der Waals surface area (Å²) in [5.74, 6) is 1.73. The third kappa shape index (κ3) is 2.53. The number of rotatable bonds is 3. The van der Waals surface area contributed by atoms with Crippen LogP contribution in [0.4, 0.5) is 0 Å². The van der Waals surface area contributed by atoms with E-state index < -0.39 is 0 Å². The Balaban J connectivity index is 2.02. The van der Waals surface area contributed by atoms with Gasteiger partial charge in [0.1, 0.15) is 5.82 Å². The largest absolute Gasteiger partial charge is 0.492 e. The first-order valence-corrected chi connectivity index (χ1v) is 5.63. The molecule has 3 nitrogen and oxygen atoms in total. The van der Waals surface area contributed by atoms with Crippen LogP contribution in [-0.2, 0) is 12.8 Å². The summed E-state index contributed by atoms with van der Waals surface area (Å²) in [5, 5.41) is 9.19. The highest BCUT2D eigenvalue weighted by Crippen LogP contribution is 2.22. The van der Waals surface area contributed by atoms with Gasteiger partial charge in [0.15, 0.2) is 0 Å². The molecule has 0 saturated carbocycles. The van der Waals surface area contributed by atoms with E-state index in [4.69, 9.17) is 0 Å². The summed E-state index contributed by atoms with van der Waals surface area (Å²) in [6.45, 7) is 0. The summed E-state index contributed by atoms with van der Waals surface area (Å²) in [6, 6.07) is 10.1. The lowest BCUT2D eigenvalue weighted by atomic mass is 10.4. The van der Waals surface area contributed by atoms with Crippen LogP contribution in [-0.4, -0.2) is 14.7 Å². The van der Waals surface area contributed by atoms with Crippen LogP contribution in [0, 0.1) is 0 Å². The number of aromatic hydroxyl groups is 1. The molecule has 78 valence electrons. The summed E-state index contributed by atoms with van der Waals surface area (Å²) >= 11 is 1.71. The van der Waals surface area contributed by atoms with Crippen molar-refractivity contribution in [2.45, 2.75) is 10.6 Å². The number of imidazole rings is 1. The number of hydrogen-bond acceptors (Lipinski definition) is 3. The average molecular weight is 220 g/mol. The summed E-state index contributed by atoms with van der Waals surface area (Å²) in [5.41, 5.74) is 0. The van der Waals surface area contributed by atoms with Crippen molar-refractivity contribution in [3.8, 4) is 5.88 Å². The van der Waals surface area contributed by atoms with Crippen molar-refractivity contribution >= 4 is 11.8 Å². The Morgan fingerprint density at radius 2 is 2.07 bits per heavy atom. The molecule has 0 spiro atoms. The van der Waals surface area contributed by atoms with Gasteiger partial charge in [0.25, 0.3) is 0 Å². The number of nitrogens with zero attached hydrogens (tertiary/aromatic N) is 2. The zero-order valence-electron chi connectivity index (χ0n) is 8.42. The lowest BCUT2D eigenvalue weighted by Gasteiger charge is -2.01. The van der Waals surface area contributed by atoms with Crippen LogP contribution in [0.5, 0.6) is 5.88 Å². The van der Waals surface area contributed by atoms with Gasteiger partial charge in [-0.15, -0.1) is 11.8 Å². The Morgan fingerprint density at radius 3 is 2.67 bits per heavy atom. The van der Waals surface area contributed by atoms with Gasteiger partial charge in [-0.25, -0.2) is 0 Å². The first kappa shape index (κ1) is 10.1. The molecule has 2 rings (SSSR count). The number of thioether (sulfide) groups is 1. The Hall–Kier alpha value is -1.42. The summed E-state index contributed by atoms with van der Waals surface area (Å²) < 4.78 is 1.84. The van der Waals surface area contributed by atoms with Crippen molar-refractivity contribution < 1.29 is 5.11 Å². The predicted octanol–water partition coefficient (Wildman–Crippen LogP) is 2.42. The van der Waals surface area contributed by atoms with Gasteiger partial charge in [0.2, 0.25) is 5.88 Å². The molecule has 0 unspecified atom stereocenters. The Kier molecular flexibility index (Phi) is 2.97. The van der Waals surface area contributed by atoms with E-state index in [0.29, 0.717) is 0 Å². The van der Waals surface area contributed by atoms with Crippen molar-refractivity contribution in [3.63, 3.8) is 0 Å². The van der Waals surface area contributed by atoms with Crippen LogP contribution in [0.3, 0.4) is 0 Å². The Morgan fingerprint density at radius 1 is 1.33 bits per heavy atom. The molecule has 2 aromatic rings. The molecule has 0 atom stereocenters. The van der Waals surface area contributed by atoms with Crippen molar-refractivity contribution in [3.05, 3.63) is 42.4 Å². The second-order valence-electron chi connectivity index (χ2n) is 3.23. The van der Waals surface area contributed by atoms with E-state index in [1.54, 1.807) is 18.0 Å². The summed E-state index contributed by atoms with van der Waals surface area (Å²) in [6.07, 6.45) is 1.61. The predicted molar refractivity (Wildman–Crippen MR) is 60.9 cm³/mol. The number of aryl methyl sites for hydroxylation is 1. The standard InChI is InChI=1S/C11H12N2OS/c1-13-7-11(14)12-10(13)8-15-9-5-3-2-4-6-9/h2-7,14H,8H2,1H3. The molecule has 0 aliphatic rings. The maximum Gasteiger partial charge on any atom is 0.229 e.